The fourth-order valence-corrected chi connectivity index (χ4v) is 1.64. The zero-order chi connectivity index (χ0) is 9.35. The lowest BCUT2D eigenvalue weighted by Crippen LogP contribution is -3.00. The highest BCUT2D eigenvalue weighted by Gasteiger charge is 2.33. The largest absolute Gasteiger partial charge is 1.00 e. The van der Waals surface area contributed by atoms with E-state index in [9.17, 15) is 5.11 Å². The molecule has 1 fully saturated rings. The van der Waals surface area contributed by atoms with E-state index in [2.05, 4.69) is 21.1 Å². The third-order valence-corrected chi connectivity index (χ3v) is 2.20. The summed E-state index contributed by atoms with van der Waals surface area (Å²) in [5, 5.41) is 9.43. The van der Waals surface area contributed by atoms with Crippen molar-refractivity contribution in [2.45, 2.75) is 31.7 Å². The number of nitrogens with zero attached hydrogens (tertiary/aromatic N) is 1. The molecule has 0 spiro atoms. The lowest BCUT2D eigenvalue weighted by atomic mass is 10.1. The number of ether oxygens (including phenoxy) is 1. The number of hydrogen-bond donors (Lipinski definition) is 1. The highest BCUT2D eigenvalue weighted by Crippen LogP contribution is 2.21. The van der Waals surface area contributed by atoms with Crippen LogP contribution in [-0.2, 0) is 4.74 Å². The molecular formula is C9H20INO2. The lowest BCUT2D eigenvalue weighted by molar-refractivity contribution is -0.873. The Labute approximate surface area is 97.7 Å². The van der Waals surface area contributed by atoms with Gasteiger partial charge in [0.15, 0.2) is 0 Å². The first-order valence-corrected chi connectivity index (χ1v) is 4.52. The monoisotopic (exact) mass is 301 g/mol. The molecule has 0 aliphatic carbocycles. The summed E-state index contributed by atoms with van der Waals surface area (Å²) in [5.41, 5.74) is 0. The molecule has 4 heteroatoms. The van der Waals surface area contributed by atoms with Crippen LogP contribution in [0.15, 0.2) is 0 Å². The van der Waals surface area contributed by atoms with Crippen molar-refractivity contribution in [3.8, 4) is 0 Å². The van der Waals surface area contributed by atoms with E-state index in [1.165, 1.54) is 0 Å². The predicted octanol–water partition coefficient (Wildman–Crippen LogP) is -2.77. The maximum Gasteiger partial charge on any atom is 0.109 e. The van der Waals surface area contributed by atoms with Crippen LogP contribution < -0.4 is 24.0 Å². The van der Waals surface area contributed by atoms with E-state index in [-0.39, 0.29) is 42.3 Å². The van der Waals surface area contributed by atoms with E-state index in [1.807, 2.05) is 6.92 Å². The van der Waals surface area contributed by atoms with E-state index in [1.54, 1.807) is 0 Å². The molecule has 3 atom stereocenters. The molecule has 0 aromatic heterocycles. The van der Waals surface area contributed by atoms with E-state index < -0.39 is 0 Å². The topological polar surface area (TPSA) is 29.5 Å². The Hall–Kier alpha value is 0.610. The first-order valence-electron chi connectivity index (χ1n) is 4.52. The van der Waals surface area contributed by atoms with Crippen LogP contribution >= 0.6 is 0 Å². The van der Waals surface area contributed by atoms with Crippen LogP contribution in [0.3, 0.4) is 0 Å². The van der Waals surface area contributed by atoms with Crippen LogP contribution in [0.2, 0.25) is 0 Å². The fourth-order valence-electron chi connectivity index (χ4n) is 1.64. The Kier molecular flexibility index (Phi) is 5.14. The van der Waals surface area contributed by atoms with Crippen LogP contribution in [0, 0.1) is 0 Å². The quantitative estimate of drug-likeness (QED) is 0.442. The predicted molar refractivity (Wildman–Crippen MR) is 47.9 cm³/mol. The van der Waals surface area contributed by atoms with Gasteiger partial charge in [0, 0.05) is 6.42 Å². The number of quaternary nitrogens is 1. The van der Waals surface area contributed by atoms with Crippen molar-refractivity contribution in [1.29, 1.82) is 0 Å². The fraction of sp³-hybridized carbons (Fsp3) is 1.00. The van der Waals surface area contributed by atoms with E-state index >= 15 is 0 Å². The first-order chi connectivity index (χ1) is 5.38. The average molecular weight is 301 g/mol. The summed E-state index contributed by atoms with van der Waals surface area (Å²) in [6, 6.07) is 0. The van der Waals surface area contributed by atoms with Gasteiger partial charge in [-0.25, -0.2) is 0 Å². The molecule has 0 aromatic carbocycles. The maximum absolute atomic E-state index is 9.43. The number of rotatable bonds is 2. The maximum atomic E-state index is 9.43. The molecule has 0 aromatic rings. The molecule has 1 aliphatic heterocycles. The number of hydrogen-bond acceptors (Lipinski definition) is 2. The van der Waals surface area contributed by atoms with Crippen molar-refractivity contribution in [3.05, 3.63) is 0 Å². The van der Waals surface area contributed by atoms with E-state index in [0.717, 1.165) is 17.4 Å². The second-order valence-electron chi connectivity index (χ2n) is 4.74. The second-order valence-corrected chi connectivity index (χ2v) is 4.74. The summed E-state index contributed by atoms with van der Waals surface area (Å²) in [4.78, 5) is 0. The smallest absolute Gasteiger partial charge is 0.109 e. The molecule has 0 saturated carbocycles. The molecule has 13 heavy (non-hydrogen) atoms. The minimum atomic E-state index is -0.262. The van der Waals surface area contributed by atoms with Crippen molar-refractivity contribution in [2.24, 2.45) is 0 Å². The minimum Gasteiger partial charge on any atom is -1.00 e. The molecule has 0 unspecified atom stereocenters. The third-order valence-electron chi connectivity index (χ3n) is 2.20. The van der Waals surface area contributed by atoms with Crippen molar-refractivity contribution >= 4 is 0 Å². The van der Waals surface area contributed by atoms with Crippen LogP contribution in [0.25, 0.3) is 0 Å². The van der Waals surface area contributed by atoms with Gasteiger partial charge in [0.2, 0.25) is 0 Å². The zero-order valence-corrected chi connectivity index (χ0v) is 11.0. The highest BCUT2D eigenvalue weighted by molar-refractivity contribution is 4.78. The Morgan fingerprint density at radius 2 is 1.92 bits per heavy atom. The third kappa shape index (κ3) is 4.58. The molecule has 1 N–H and O–H groups in total. The molecule has 1 heterocycles. The number of aliphatic hydroxyl groups excluding tert-OH is 1. The van der Waals surface area contributed by atoms with Gasteiger partial charge in [-0.3, -0.25) is 0 Å². The van der Waals surface area contributed by atoms with Crippen LogP contribution in [0.1, 0.15) is 13.3 Å². The molecule has 0 bridgehead atoms. The van der Waals surface area contributed by atoms with Crippen molar-refractivity contribution in [3.63, 3.8) is 0 Å². The zero-order valence-electron chi connectivity index (χ0n) is 8.83. The van der Waals surface area contributed by atoms with Gasteiger partial charge in [-0.15, -0.1) is 0 Å². The molecule has 1 saturated heterocycles. The summed E-state index contributed by atoms with van der Waals surface area (Å²) in [6.45, 7) is 2.90. The van der Waals surface area contributed by atoms with Gasteiger partial charge in [-0.05, 0) is 6.92 Å². The van der Waals surface area contributed by atoms with Gasteiger partial charge in [0.05, 0.1) is 33.4 Å². The minimum absolute atomic E-state index is 0. The van der Waals surface area contributed by atoms with Crippen LogP contribution in [0.4, 0.5) is 0 Å². The Bertz CT molecular complexity index is 148. The Morgan fingerprint density at radius 1 is 1.38 bits per heavy atom. The van der Waals surface area contributed by atoms with Gasteiger partial charge in [-0.2, -0.15) is 0 Å². The second kappa shape index (κ2) is 4.91. The highest BCUT2D eigenvalue weighted by atomic mass is 127. The number of aliphatic hydroxyl groups is 1. The average Bonchev–Trinajstić information content (AvgIpc) is 2.07. The summed E-state index contributed by atoms with van der Waals surface area (Å²) in [7, 11) is 6.41. The molecule has 80 valence electrons. The molecule has 1 rings (SSSR count). The van der Waals surface area contributed by atoms with Gasteiger partial charge >= 0.3 is 0 Å². The number of likely N-dealkylation sites (N-methyl/N-ethyl adjacent to an activating group) is 1. The first kappa shape index (κ1) is 13.6. The molecular weight excluding hydrogens is 281 g/mol. The van der Waals surface area contributed by atoms with Crippen LogP contribution in [0.5, 0.6) is 0 Å². The normalized spacial score (nSPS) is 34.4. The number of halogens is 1. The van der Waals surface area contributed by atoms with Crippen molar-refractivity contribution < 1.29 is 38.3 Å². The van der Waals surface area contributed by atoms with E-state index in [0.29, 0.717) is 0 Å². The summed E-state index contributed by atoms with van der Waals surface area (Å²) >= 11 is 0. The van der Waals surface area contributed by atoms with E-state index in [4.69, 9.17) is 4.74 Å². The SMILES string of the molecule is C[C@@H]1O[C@@H](C[N+](C)(C)C)C[C@@H]1O.[I-]. The molecule has 0 radical (unpaired) electrons. The van der Waals surface area contributed by atoms with Crippen molar-refractivity contribution in [1.82, 2.24) is 0 Å². The standard InChI is InChI=1S/C9H20NO2.HI/c1-7-9(11)5-8(12-7)6-10(2,3)4;/h7-9,11H,5-6H2,1-4H3;1H/q+1;/p-1/t7-,8+,9-;/m0./s1. The summed E-state index contributed by atoms with van der Waals surface area (Å²) in [6.07, 6.45) is 0.773. The van der Waals surface area contributed by atoms with Gasteiger partial charge in [-0.1, -0.05) is 0 Å². The molecule has 3 nitrogen and oxygen atoms in total. The van der Waals surface area contributed by atoms with Crippen LogP contribution in [-0.4, -0.2) is 55.6 Å². The Morgan fingerprint density at radius 3 is 2.23 bits per heavy atom. The Balaban J connectivity index is 0.00000144. The van der Waals surface area contributed by atoms with Gasteiger partial charge in [0.1, 0.15) is 12.6 Å². The summed E-state index contributed by atoms with van der Waals surface area (Å²) < 4.78 is 6.48. The van der Waals surface area contributed by atoms with Gasteiger partial charge in [0.25, 0.3) is 0 Å². The molecule has 0 amide bonds. The van der Waals surface area contributed by atoms with Crippen molar-refractivity contribution in [2.75, 3.05) is 27.7 Å². The lowest BCUT2D eigenvalue weighted by Gasteiger charge is -2.26. The van der Waals surface area contributed by atoms with Gasteiger partial charge < -0.3 is 38.3 Å². The molecule has 1 aliphatic rings. The summed E-state index contributed by atoms with van der Waals surface area (Å²) in [5.74, 6) is 0.